The van der Waals surface area contributed by atoms with Crippen LogP contribution in [0.4, 0.5) is 0 Å². The van der Waals surface area contributed by atoms with Crippen LogP contribution in [0, 0.1) is 0 Å². The molecular formula is C17H13BrCl2N2O3S2. The van der Waals surface area contributed by atoms with E-state index in [0.717, 1.165) is 25.3 Å². The number of thiophene rings is 1. The molecule has 3 aromatic rings. The van der Waals surface area contributed by atoms with E-state index in [2.05, 4.69) is 21.0 Å². The Labute approximate surface area is 179 Å². The Balaban J connectivity index is 2.31. The van der Waals surface area contributed by atoms with E-state index >= 15 is 0 Å². The monoisotopic (exact) mass is 506 g/mol. The molecule has 0 bridgehead atoms. The quantitative estimate of drug-likeness (QED) is 0.424. The number of aromatic nitrogens is 2. The second-order valence-electron chi connectivity index (χ2n) is 5.49. The lowest BCUT2D eigenvalue weighted by Gasteiger charge is -2.09. The van der Waals surface area contributed by atoms with Crippen LogP contribution in [0.25, 0.3) is 22.3 Å². The van der Waals surface area contributed by atoms with Gasteiger partial charge in [-0.15, -0.1) is 11.3 Å². The molecule has 2 heterocycles. The fourth-order valence-electron chi connectivity index (χ4n) is 2.62. The van der Waals surface area contributed by atoms with Crippen molar-refractivity contribution in [1.29, 1.82) is 0 Å². The van der Waals surface area contributed by atoms with Gasteiger partial charge in [0, 0.05) is 10.6 Å². The Morgan fingerprint density at radius 2 is 2.04 bits per heavy atom. The average Bonchev–Trinajstić information content (AvgIpc) is 3.15. The van der Waals surface area contributed by atoms with Gasteiger partial charge < -0.3 is 0 Å². The first kappa shape index (κ1) is 20.6. The van der Waals surface area contributed by atoms with Crippen LogP contribution in [0.1, 0.15) is 18.2 Å². The van der Waals surface area contributed by atoms with Gasteiger partial charge >= 0.3 is 0 Å². The molecule has 0 fully saturated rings. The number of benzene rings is 1. The first-order valence-electron chi connectivity index (χ1n) is 7.68. The highest BCUT2D eigenvalue weighted by Gasteiger charge is 2.21. The van der Waals surface area contributed by atoms with Gasteiger partial charge in [-0.3, -0.25) is 4.55 Å². The number of halogens is 3. The summed E-state index contributed by atoms with van der Waals surface area (Å²) >= 11 is 17.4. The summed E-state index contributed by atoms with van der Waals surface area (Å²) in [5.41, 5.74) is 2.67. The van der Waals surface area contributed by atoms with E-state index in [0.29, 0.717) is 27.8 Å². The van der Waals surface area contributed by atoms with E-state index in [9.17, 15) is 8.42 Å². The second kappa shape index (κ2) is 8.06. The summed E-state index contributed by atoms with van der Waals surface area (Å²) in [5, 5.41) is 6.18. The van der Waals surface area contributed by atoms with Crippen LogP contribution >= 0.6 is 50.5 Å². The predicted molar refractivity (Wildman–Crippen MR) is 115 cm³/mol. The predicted octanol–water partition coefficient (Wildman–Crippen LogP) is 6.09. The van der Waals surface area contributed by atoms with E-state index in [1.54, 1.807) is 22.9 Å². The van der Waals surface area contributed by atoms with Crippen molar-refractivity contribution < 1.29 is 13.0 Å². The Morgan fingerprint density at radius 3 is 2.59 bits per heavy atom. The largest absolute Gasteiger partial charge is 0.287 e. The standard InChI is InChI=1S/C17H13BrCl2N2O3S2/c1-2-11-13(7-8-27(23,24)25)21-22(14-4-3-10(19)9-12(14)20)17(11)15-5-6-16(18)26-15/h3-9H,2H2,1H3,(H,23,24,25). The van der Waals surface area contributed by atoms with Gasteiger partial charge in [0.05, 0.1) is 36.2 Å². The lowest BCUT2D eigenvalue weighted by Crippen LogP contribution is -2.00. The summed E-state index contributed by atoms with van der Waals surface area (Å²) in [4.78, 5) is 0.934. The molecule has 0 radical (unpaired) electrons. The molecule has 0 aliphatic carbocycles. The van der Waals surface area contributed by atoms with Crippen molar-refractivity contribution in [2.45, 2.75) is 13.3 Å². The molecule has 142 valence electrons. The Kier molecular flexibility index (Phi) is 6.14. The zero-order valence-corrected chi connectivity index (χ0v) is 18.6. The number of rotatable bonds is 5. The third-order valence-corrected chi connectivity index (χ3v) is 6.36. The first-order chi connectivity index (χ1) is 12.7. The third kappa shape index (κ3) is 4.64. The van der Waals surface area contributed by atoms with Gasteiger partial charge in [-0.25, -0.2) is 4.68 Å². The molecule has 0 aliphatic heterocycles. The normalized spacial score (nSPS) is 12.2. The van der Waals surface area contributed by atoms with Crippen LogP contribution in [0.2, 0.25) is 10.0 Å². The SMILES string of the molecule is CCc1c(C=CS(=O)(=O)O)nn(-c2ccc(Cl)cc2Cl)c1-c1ccc(Br)s1. The Hall–Kier alpha value is -1.16. The van der Waals surface area contributed by atoms with Crippen molar-refractivity contribution in [3.63, 3.8) is 0 Å². The summed E-state index contributed by atoms with van der Waals surface area (Å²) in [6, 6.07) is 8.94. The molecule has 3 rings (SSSR count). The fraction of sp³-hybridized carbons (Fsp3) is 0.118. The highest BCUT2D eigenvalue weighted by Crippen LogP contribution is 2.38. The molecule has 0 aliphatic rings. The van der Waals surface area contributed by atoms with E-state index in [1.807, 2.05) is 19.1 Å². The van der Waals surface area contributed by atoms with E-state index in [4.69, 9.17) is 27.8 Å². The molecule has 0 spiro atoms. The molecule has 10 heteroatoms. The zero-order valence-electron chi connectivity index (χ0n) is 13.9. The maximum atomic E-state index is 11.1. The summed E-state index contributed by atoms with van der Waals surface area (Å²) in [6.07, 6.45) is 1.88. The topological polar surface area (TPSA) is 72.2 Å². The molecule has 0 saturated carbocycles. The van der Waals surface area contributed by atoms with Crippen LogP contribution in [0.3, 0.4) is 0 Å². The summed E-state index contributed by atoms with van der Waals surface area (Å²) in [7, 11) is -4.27. The number of nitrogens with zero attached hydrogens (tertiary/aromatic N) is 2. The lowest BCUT2D eigenvalue weighted by molar-refractivity contribution is 0.494. The van der Waals surface area contributed by atoms with Gasteiger partial charge in [0.15, 0.2) is 0 Å². The minimum absolute atomic E-state index is 0.412. The number of hydrogen-bond donors (Lipinski definition) is 1. The molecule has 1 N–H and O–H groups in total. The summed E-state index contributed by atoms with van der Waals surface area (Å²) in [6.45, 7) is 1.95. The van der Waals surface area contributed by atoms with Crippen molar-refractivity contribution in [2.75, 3.05) is 0 Å². The van der Waals surface area contributed by atoms with Crippen molar-refractivity contribution in [2.24, 2.45) is 0 Å². The smallest absolute Gasteiger partial charge is 0.282 e. The molecule has 0 atom stereocenters. The van der Waals surface area contributed by atoms with Crippen LogP contribution in [0.5, 0.6) is 0 Å². The molecule has 1 aromatic carbocycles. The van der Waals surface area contributed by atoms with Gasteiger partial charge in [-0.05, 0) is 58.8 Å². The van der Waals surface area contributed by atoms with Crippen molar-refractivity contribution in [3.05, 3.63) is 60.8 Å². The number of hydrogen-bond acceptors (Lipinski definition) is 4. The average molecular weight is 508 g/mol. The zero-order chi connectivity index (χ0) is 19.8. The summed E-state index contributed by atoms with van der Waals surface area (Å²) < 4.78 is 33.9. The summed E-state index contributed by atoms with van der Waals surface area (Å²) in [5.74, 6) is 0. The first-order valence-corrected chi connectivity index (χ1v) is 11.5. The molecule has 2 aromatic heterocycles. The van der Waals surface area contributed by atoms with Crippen LogP contribution in [-0.2, 0) is 16.5 Å². The van der Waals surface area contributed by atoms with E-state index < -0.39 is 10.1 Å². The second-order valence-corrected chi connectivity index (χ2v) is 10.1. The lowest BCUT2D eigenvalue weighted by atomic mass is 10.1. The van der Waals surface area contributed by atoms with E-state index in [1.165, 1.54) is 17.4 Å². The van der Waals surface area contributed by atoms with Gasteiger partial charge in [-0.1, -0.05) is 30.1 Å². The van der Waals surface area contributed by atoms with Crippen molar-refractivity contribution in [3.8, 4) is 16.3 Å². The highest BCUT2D eigenvalue weighted by atomic mass is 79.9. The molecular weight excluding hydrogens is 495 g/mol. The van der Waals surface area contributed by atoms with Crippen LogP contribution in [0.15, 0.2) is 39.5 Å². The minimum Gasteiger partial charge on any atom is -0.282 e. The van der Waals surface area contributed by atoms with Crippen molar-refractivity contribution >= 4 is 66.7 Å². The molecule has 27 heavy (non-hydrogen) atoms. The minimum atomic E-state index is -4.27. The molecule has 5 nitrogen and oxygen atoms in total. The van der Waals surface area contributed by atoms with Gasteiger partial charge in [-0.2, -0.15) is 13.5 Å². The fourth-order valence-corrected chi connectivity index (χ4v) is 4.86. The third-order valence-electron chi connectivity index (χ3n) is 3.71. The van der Waals surface area contributed by atoms with Crippen LogP contribution < -0.4 is 0 Å². The van der Waals surface area contributed by atoms with E-state index in [-0.39, 0.29) is 0 Å². The molecule has 0 saturated heterocycles. The van der Waals surface area contributed by atoms with Gasteiger partial charge in [0.2, 0.25) is 0 Å². The molecule has 0 unspecified atom stereocenters. The maximum absolute atomic E-state index is 11.1. The molecule has 0 amide bonds. The van der Waals surface area contributed by atoms with Crippen molar-refractivity contribution in [1.82, 2.24) is 9.78 Å². The highest BCUT2D eigenvalue weighted by molar-refractivity contribution is 9.11. The van der Waals surface area contributed by atoms with Crippen LogP contribution in [-0.4, -0.2) is 22.8 Å². The Morgan fingerprint density at radius 1 is 1.30 bits per heavy atom. The van der Waals surface area contributed by atoms with Gasteiger partial charge in [0.1, 0.15) is 0 Å². The van der Waals surface area contributed by atoms with Gasteiger partial charge in [0.25, 0.3) is 10.1 Å². The Bertz CT molecular complexity index is 1140. The maximum Gasteiger partial charge on any atom is 0.287 e.